The number of hydrogen-bond donors (Lipinski definition) is 3. The Kier molecular flexibility index (Phi) is 7.68. The standard InChI is InChI=1S/C32H49NO4/c1-20(5-12-29(36)33-19-21-6-8-24(37-4)9-7-21)25-10-11-26-30-27(14-16-32(25,26)3)31(2)15-13-23(34)17-22(31)18-28(30)35/h6-9,20,22-23,25-28,30,34-35H,5,10-19H2,1-4H3,(H,33,36)/t20-,22-,23-,25+,26-,27-,28+,30+,31+,32-/m1/s1. The van der Waals surface area contributed by atoms with Gasteiger partial charge < -0.3 is 20.3 Å². The van der Waals surface area contributed by atoms with Crippen molar-refractivity contribution in [2.45, 2.75) is 104 Å². The van der Waals surface area contributed by atoms with Crippen LogP contribution in [0.25, 0.3) is 0 Å². The molecule has 0 heterocycles. The lowest BCUT2D eigenvalue weighted by molar-refractivity contribution is -0.174. The molecule has 0 saturated heterocycles. The number of ether oxygens (including phenoxy) is 1. The predicted octanol–water partition coefficient (Wildman–Crippen LogP) is 5.72. The second-order valence-corrected chi connectivity index (χ2v) is 13.6. The number of carbonyl (C=O) groups is 1. The molecule has 0 aromatic heterocycles. The van der Waals surface area contributed by atoms with E-state index >= 15 is 0 Å². The van der Waals surface area contributed by atoms with Crippen LogP contribution >= 0.6 is 0 Å². The Hall–Kier alpha value is -1.59. The topological polar surface area (TPSA) is 78.8 Å². The van der Waals surface area contributed by atoms with Gasteiger partial charge in [-0.15, -0.1) is 0 Å². The number of aliphatic hydroxyl groups excluding tert-OH is 2. The fourth-order valence-electron chi connectivity index (χ4n) is 9.77. The molecule has 0 aliphatic heterocycles. The second kappa shape index (κ2) is 10.5. The van der Waals surface area contributed by atoms with Gasteiger partial charge in [0.25, 0.3) is 0 Å². The normalized spacial score (nSPS) is 41.7. The first-order chi connectivity index (χ1) is 17.7. The third-order valence-corrected chi connectivity index (χ3v) is 11.9. The quantitative estimate of drug-likeness (QED) is 0.438. The SMILES string of the molecule is COc1ccc(CNC(=O)CC[C@@H](C)[C@@H]2CC[C@@H]3[C@H]4[C@@H](CC[C@@]32C)[C@@]2(C)CC[C@@H](O)C[C@@H]2C[C@@H]4O)cc1. The summed E-state index contributed by atoms with van der Waals surface area (Å²) in [6.07, 6.45) is 9.78. The van der Waals surface area contributed by atoms with Crippen LogP contribution in [0.15, 0.2) is 24.3 Å². The van der Waals surface area contributed by atoms with Gasteiger partial charge in [-0.2, -0.15) is 0 Å². The maximum absolute atomic E-state index is 12.7. The maximum Gasteiger partial charge on any atom is 0.220 e. The third kappa shape index (κ3) is 4.95. The van der Waals surface area contributed by atoms with Crippen LogP contribution in [-0.4, -0.2) is 35.4 Å². The van der Waals surface area contributed by atoms with Crippen molar-refractivity contribution in [1.29, 1.82) is 0 Å². The molecule has 3 N–H and O–H groups in total. The zero-order chi connectivity index (χ0) is 26.4. The molecule has 206 valence electrons. The first-order valence-electron chi connectivity index (χ1n) is 14.9. The van der Waals surface area contributed by atoms with Gasteiger partial charge in [-0.25, -0.2) is 0 Å². The fraction of sp³-hybridized carbons (Fsp3) is 0.781. The van der Waals surface area contributed by atoms with E-state index in [2.05, 4.69) is 26.1 Å². The predicted molar refractivity (Wildman–Crippen MR) is 146 cm³/mol. The Labute approximate surface area is 223 Å². The van der Waals surface area contributed by atoms with Crippen LogP contribution in [0.5, 0.6) is 5.75 Å². The molecule has 1 aromatic carbocycles. The van der Waals surface area contributed by atoms with Gasteiger partial charge in [-0.05, 0) is 122 Å². The second-order valence-electron chi connectivity index (χ2n) is 13.6. The summed E-state index contributed by atoms with van der Waals surface area (Å²) >= 11 is 0. The van der Waals surface area contributed by atoms with Crippen molar-refractivity contribution in [1.82, 2.24) is 5.32 Å². The summed E-state index contributed by atoms with van der Waals surface area (Å²) in [7, 11) is 1.66. The number of fused-ring (bicyclic) bond motifs is 5. The van der Waals surface area contributed by atoms with E-state index < -0.39 is 0 Å². The minimum absolute atomic E-state index is 0.132. The smallest absolute Gasteiger partial charge is 0.220 e. The van der Waals surface area contributed by atoms with Gasteiger partial charge in [-0.1, -0.05) is 32.9 Å². The van der Waals surface area contributed by atoms with E-state index in [1.54, 1.807) is 7.11 Å². The molecule has 4 aliphatic carbocycles. The number of rotatable bonds is 7. The molecule has 0 unspecified atom stereocenters. The summed E-state index contributed by atoms with van der Waals surface area (Å²) in [6.45, 7) is 7.91. The van der Waals surface area contributed by atoms with Crippen LogP contribution in [0.2, 0.25) is 0 Å². The van der Waals surface area contributed by atoms with E-state index in [1.807, 2.05) is 24.3 Å². The molecule has 1 amide bonds. The van der Waals surface area contributed by atoms with Crippen molar-refractivity contribution < 1.29 is 19.7 Å². The Morgan fingerprint density at radius 1 is 1.03 bits per heavy atom. The Morgan fingerprint density at radius 2 is 1.73 bits per heavy atom. The lowest BCUT2D eigenvalue weighted by Crippen LogP contribution is -2.58. The average molecular weight is 512 g/mol. The minimum atomic E-state index is -0.226. The summed E-state index contributed by atoms with van der Waals surface area (Å²) in [6, 6.07) is 7.85. The van der Waals surface area contributed by atoms with Crippen LogP contribution in [0, 0.1) is 46.3 Å². The highest BCUT2D eigenvalue weighted by Gasteiger charge is 2.62. The van der Waals surface area contributed by atoms with Crippen molar-refractivity contribution in [2.24, 2.45) is 46.3 Å². The van der Waals surface area contributed by atoms with Gasteiger partial charge >= 0.3 is 0 Å². The fourth-order valence-corrected chi connectivity index (χ4v) is 9.77. The summed E-state index contributed by atoms with van der Waals surface area (Å²) in [5.74, 6) is 4.13. The van der Waals surface area contributed by atoms with Crippen LogP contribution < -0.4 is 10.1 Å². The van der Waals surface area contributed by atoms with Crippen LogP contribution in [0.3, 0.4) is 0 Å². The first-order valence-corrected chi connectivity index (χ1v) is 14.9. The van der Waals surface area contributed by atoms with E-state index in [1.165, 1.54) is 25.7 Å². The summed E-state index contributed by atoms with van der Waals surface area (Å²) in [5, 5.41) is 24.9. The van der Waals surface area contributed by atoms with Gasteiger partial charge in [0.1, 0.15) is 5.75 Å². The van der Waals surface area contributed by atoms with E-state index in [9.17, 15) is 15.0 Å². The number of carbonyl (C=O) groups excluding carboxylic acids is 1. The van der Waals surface area contributed by atoms with E-state index in [-0.39, 0.29) is 28.9 Å². The molecule has 4 aliphatic rings. The zero-order valence-corrected chi connectivity index (χ0v) is 23.4. The Balaban J connectivity index is 1.18. The van der Waals surface area contributed by atoms with Crippen LogP contribution in [0.4, 0.5) is 0 Å². The molecule has 4 fully saturated rings. The van der Waals surface area contributed by atoms with Crippen LogP contribution in [-0.2, 0) is 11.3 Å². The molecule has 37 heavy (non-hydrogen) atoms. The lowest BCUT2D eigenvalue weighted by Gasteiger charge is -2.62. The molecule has 0 bridgehead atoms. The molecule has 0 radical (unpaired) electrons. The number of benzene rings is 1. The monoisotopic (exact) mass is 511 g/mol. The van der Waals surface area contributed by atoms with Crippen molar-refractivity contribution in [2.75, 3.05) is 7.11 Å². The molecule has 5 rings (SSSR count). The van der Waals surface area contributed by atoms with E-state index in [4.69, 9.17) is 4.74 Å². The maximum atomic E-state index is 12.7. The van der Waals surface area contributed by atoms with Crippen molar-refractivity contribution in [3.63, 3.8) is 0 Å². The highest BCUT2D eigenvalue weighted by molar-refractivity contribution is 5.75. The number of methoxy groups -OCH3 is 1. The van der Waals surface area contributed by atoms with E-state index in [0.717, 1.165) is 43.4 Å². The molecular formula is C32H49NO4. The molecule has 10 atom stereocenters. The number of aliphatic hydroxyl groups is 2. The van der Waals surface area contributed by atoms with Gasteiger partial charge in [0.05, 0.1) is 19.3 Å². The summed E-state index contributed by atoms with van der Waals surface area (Å²) in [4.78, 5) is 12.7. The molecule has 0 spiro atoms. The number of hydrogen-bond acceptors (Lipinski definition) is 4. The Morgan fingerprint density at radius 3 is 2.46 bits per heavy atom. The summed E-state index contributed by atoms with van der Waals surface area (Å²) in [5.41, 5.74) is 1.62. The molecule has 4 saturated carbocycles. The van der Waals surface area contributed by atoms with Gasteiger partial charge in [0.15, 0.2) is 0 Å². The first kappa shape index (κ1) is 27.0. The molecule has 1 aromatic rings. The van der Waals surface area contributed by atoms with E-state index in [0.29, 0.717) is 48.5 Å². The largest absolute Gasteiger partial charge is 0.497 e. The van der Waals surface area contributed by atoms with Gasteiger partial charge in [0.2, 0.25) is 5.91 Å². The molecular weight excluding hydrogens is 462 g/mol. The van der Waals surface area contributed by atoms with Crippen molar-refractivity contribution in [3.8, 4) is 5.75 Å². The zero-order valence-electron chi connectivity index (χ0n) is 23.4. The van der Waals surface area contributed by atoms with Gasteiger partial charge in [-0.3, -0.25) is 4.79 Å². The van der Waals surface area contributed by atoms with Gasteiger partial charge in [0, 0.05) is 13.0 Å². The average Bonchev–Trinajstić information content (AvgIpc) is 3.24. The highest BCUT2D eigenvalue weighted by Crippen LogP contribution is 2.68. The Bertz CT molecular complexity index is 949. The molecule has 5 nitrogen and oxygen atoms in total. The van der Waals surface area contributed by atoms with Crippen molar-refractivity contribution in [3.05, 3.63) is 29.8 Å². The van der Waals surface area contributed by atoms with Crippen molar-refractivity contribution >= 4 is 5.91 Å². The molecule has 5 heteroatoms. The number of nitrogens with one attached hydrogen (secondary N) is 1. The number of amides is 1. The summed E-state index contributed by atoms with van der Waals surface area (Å²) < 4.78 is 5.21. The lowest BCUT2D eigenvalue weighted by atomic mass is 9.43. The third-order valence-electron chi connectivity index (χ3n) is 11.9. The highest BCUT2D eigenvalue weighted by atomic mass is 16.5. The minimum Gasteiger partial charge on any atom is -0.497 e. The van der Waals surface area contributed by atoms with Crippen LogP contribution in [0.1, 0.15) is 90.5 Å².